The van der Waals surface area contributed by atoms with Crippen molar-refractivity contribution in [3.05, 3.63) is 29.3 Å². The van der Waals surface area contributed by atoms with Crippen molar-refractivity contribution in [3.8, 4) is 5.75 Å². The Bertz CT molecular complexity index is 476. The maximum atomic E-state index is 12.7. The topological polar surface area (TPSA) is 44.8 Å². The first-order valence-corrected chi connectivity index (χ1v) is 6.27. The molecule has 0 N–H and O–H groups in total. The standard InChI is InChI=1S/C12H12BrF3O4/c1-18-6-20-9-4-3-7(12(14,15)16)5-8(9)10(13)11(17)19-2/h3-5,10H,6H2,1-2H3. The molecule has 1 atom stereocenters. The summed E-state index contributed by atoms with van der Waals surface area (Å²) in [5, 5.41) is 0. The van der Waals surface area contributed by atoms with Gasteiger partial charge < -0.3 is 14.2 Å². The van der Waals surface area contributed by atoms with Crippen LogP contribution in [0.15, 0.2) is 18.2 Å². The van der Waals surface area contributed by atoms with Gasteiger partial charge in [0.15, 0.2) is 6.79 Å². The Morgan fingerprint density at radius 1 is 1.35 bits per heavy atom. The number of hydrogen-bond acceptors (Lipinski definition) is 4. The van der Waals surface area contributed by atoms with Gasteiger partial charge in [-0.05, 0) is 18.2 Å². The molecular weight excluding hydrogens is 345 g/mol. The van der Waals surface area contributed by atoms with Gasteiger partial charge in [-0.3, -0.25) is 4.79 Å². The van der Waals surface area contributed by atoms with Gasteiger partial charge in [-0.15, -0.1) is 0 Å². The first-order valence-electron chi connectivity index (χ1n) is 5.36. The first-order chi connectivity index (χ1) is 9.31. The minimum Gasteiger partial charge on any atom is -0.468 e. The highest BCUT2D eigenvalue weighted by atomic mass is 79.9. The Morgan fingerprint density at radius 2 is 2.00 bits per heavy atom. The van der Waals surface area contributed by atoms with Crippen LogP contribution in [0.1, 0.15) is 16.0 Å². The molecule has 20 heavy (non-hydrogen) atoms. The van der Waals surface area contributed by atoms with Crippen molar-refractivity contribution in [2.24, 2.45) is 0 Å². The highest BCUT2D eigenvalue weighted by Gasteiger charge is 2.33. The molecule has 0 radical (unpaired) electrons. The molecule has 0 amide bonds. The molecule has 0 fully saturated rings. The summed E-state index contributed by atoms with van der Waals surface area (Å²) < 4.78 is 52.4. The molecule has 0 aromatic heterocycles. The van der Waals surface area contributed by atoms with Crippen molar-refractivity contribution in [1.29, 1.82) is 0 Å². The lowest BCUT2D eigenvalue weighted by Crippen LogP contribution is -2.13. The van der Waals surface area contributed by atoms with Crippen molar-refractivity contribution in [2.75, 3.05) is 21.0 Å². The van der Waals surface area contributed by atoms with Gasteiger partial charge in [-0.25, -0.2) is 0 Å². The fourth-order valence-corrected chi connectivity index (χ4v) is 1.95. The molecule has 0 heterocycles. The Hall–Kier alpha value is -1.28. The number of halogens is 4. The number of ether oxygens (including phenoxy) is 3. The molecule has 0 saturated carbocycles. The second-order valence-electron chi connectivity index (χ2n) is 3.69. The van der Waals surface area contributed by atoms with Gasteiger partial charge >= 0.3 is 12.1 Å². The molecule has 1 unspecified atom stereocenters. The summed E-state index contributed by atoms with van der Waals surface area (Å²) in [5.74, 6) is -0.626. The predicted octanol–water partition coefficient (Wildman–Crippen LogP) is 3.30. The maximum Gasteiger partial charge on any atom is 0.416 e. The van der Waals surface area contributed by atoms with Crippen LogP contribution in [0.25, 0.3) is 0 Å². The number of methoxy groups -OCH3 is 2. The van der Waals surface area contributed by atoms with E-state index in [1.165, 1.54) is 7.11 Å². The predicted molar refractivity (Wildman–Crippen MR) is 67.6 cm³/mol. The molecule has 1 aromatic rings. The second kappa shape index (κ2) is 6.94. The second-order valence-corrected chi connectivity index (χ2v) is 4.60. The third kappa shape index (κ3) is 4.11. The van der Waals surface area contributed by atoms with Gasteiger partial charge in [-0.2, -0.15) is 13.2 Å². The zero-order valence-electron chi connectivity index (χ0n) is 10.7. The van der Waals surface area contributed by atoms with Crippen LogP contribution in [-0.4, -0.2) is 27.0 Å². The fourth-order valence-electron chi connectivity index (χ4n) is 1.41. The molecule has 1 rings (SSSR count). The smallest absolute Gasteiger partial charge is 0.416 e. The van der Waals surface area contributed by atoms with Gasteiger partial charge in [0, 0.05) is 12.7 Å². The van der Waals surface area contributed by atoms with E-state index in [4.69, 9.17) is 4.74 Å². The van der Waals surface area contributed by atoms with Crippen LogP contribution in [0.5, 0.6) is 5.75 Å². The lowest BCUT2D eigenvalue weighted by Gasteiger charge is -2.16. The molecule has 4 nitrogen and oxygen atoms in total. The SMILES string of the molecule is COCOc1ccc(C(F)(F)F)cc1C(Br)C(=O)OC. The number of carbonyl (C=O) groups excluding carboxylic acids is 1. The lowest BCUT2D eigenvalue weighted by atomic mass is 10.1. The molecule has 0 spiro atoms. The summed E-state index contributed by atoms with van der Waals surface area (Å²) in [4.78, 5) is 10.4. The number of alkyl halides is 4. The summed E-state index contributed by atoms with van der Waals surface area (Å²) in [7, 11) is 2.51. The van der Waals surface area contributed by atoms with E-state index in [1.54, 1.807) is 0 Å². The van der Waals surface area contributed by atoms with E-state index >= 15 is 0 Å². The molecule has 1 aromatic carbocycles. The average molecular weight is 357 g/mol. The molecule has 0 bridgehead atoms. The molecule has 0 saturated heterocycles. The van der Waals surface area contributed by atoms with Crippen molar-refractivity contribution < 1.29 is 32.2 Å². The van der Waals surface area contributed by atoms with Crippen LogP contribution in [0.2, 0.25) is 0 Å². The lowest BCUT2D eigenvalue weighted by molar-refractivity contribution is -0.140. The zero-order valence-corrected chi connectivity index (χ0v) is 12.2. The fraction of sp³-hybridized carbons (Fsp3) is 0.417. The summed E-state index contributed by atoms with van der Waals surface area (Å²) in [6, 6.07) is 2.83. The van der Waals surface area contributed by atoms with Crippen molar-refractivity contribution in [3.63, 3.8) is 0 Å². The van der Waals surface area contributed by atoms with E-state index in [1.807, 2.05) is 0 Å². The van der Waals surface area contributed by atoms with E-state index in [0.29, 0.717) is 0 Å². The monoisotopic (exact) mass is 356 g/mol. The van der Waals surface area contributed by atoms with Crippen LogP contribution in [0.4, 0.5) is 13.2 Å². The Morgan fingerprint density at radius 3 is 2.50 bits per heavy atom. The molecule has 8 heteroatoms. The summed E-state index contributed by atoms with van der Waals surface area (Å²) in [5.41, 5.74) is -0.866. The summed E-state index contributed by atoms with van der Waals surface area (Å²) in [6.07, 6.45) is -4.52. The highest BCUT2D eigenvalue weighted by Crippen LogP contribution is 2.37. The number of hydrogen-bond donors (Lipinski definition) is 0. The summed E-state index contributed by atoms with van der Waals surface area (Å²) in [6.45, 7) is -0.154. The molecular formula is C12H12BrF3O4. The van der Waals surface area contributed by atoms with Crippen molar-refractivity contribution >= 4 is 21.9 Å². The van der Waals surface area contributed by atoms with E-state index in [2.05, 4.69) is 25.4 Å². The molecule has 112 valence electrons. The number of carbonyl (C=O) groups is 1. The van der Waals surface area contributed by atoms with Gasteiger partial charge in [0.05, 0.1) is 12.7 Å². The highest BCUT2D eigenvalue weighted by molar-refractivity contribution is 9.09. The minimum atomic E-state index is -4.52. The van der Waals surface area contributed by atoms with Gasteiger partial charge in [-0.1, -0.05) is 15.9 Å². The average Bonchev–Trinajstić information content (AvgIpc) is 2.42. The van der Waals surface area contributed by atoms with Crippen molar-refractivity contribution in [1.82, 2.24) is 0 Å². The third-order valence-electron chi connectivity index (χ3n) is 2.35. The van der Waals surface area contributed by atoms with Crippen LogP contribution in [0.3, 0.4) is 0 Å². The molecule has 0 aliphatic carbocycles. The van der Waals surface area contributed by atoms with E-state index in [-0.39, 0.29) is 18.1 Å². The maximum absolute atomic E-state index is 12.7. The van der Waals surface area contributed by atoms with Gasteiger partial charge in [0.1, 0.15) is 10.6 Å². The normalized spacial score (nSPS) is 12.9. The van der Waals surface area contributed by atoms with E-state index in [9.17, 15) is 18.0 Å². The first kappa shape index (κ1) is 16.8. The van der Waals surface area contributed by atoms with Gasteiger partial charge in [0.2, 0.25) is 0 Å². The van der Waals surface area contributed by atoms with E-state index < -0.39 is 22.5 Å². The van der Waals surface area contributed by atoms with Crippen LogP contribution in [-0.2, 0) is 20.4 Å². The number of benzene rings is 1. The zero-order chi connectivity index (χ0) is 15.3. The minimum absolute atomic E-state index is 0.0173. The Kier molecular flexibility index (Phi) is 5.82. The van der Waals surface area contributed by atoms with Crippen LogP contribution < -0.4 is 4.74 Å². The van der Waals surface area contributed by atoms with E-state index in [0.717, 1.165) is 25.3 Å². The quantitative estimate of drug-likeness (QED) is 0.461. The van der Waals surface area contributed by atoms with Gasteiger partial charge in [0.25, 0.3) is 0 Å². The Balaban J connectivity index is 3.22. The number of rotatable bonds is 5. The third-order valence-corrected chi connectivity index (χ3v) is 3.22. The number of esters is 1. The largest absolute Gasteiger partial charge is 0.468 e. The van der Waals surface area contributed by atoms with Crippen LogP contribution in [0, 0.1) is 0 Å². The molecule has 0 aliphatic heterocycles. The van der Waals surface area contributed by atoms with Crippen LogP contribution >= 0.6 is 15.9 Å². The molecule has 0 aliphatic rings. The Labute approximate surface area is 121 Å². The van der Waals surface area contributed by atoms with Crippen molar-refractivity contribution in [2.45, 2.75) is 11.0 Å². The summed E-state index contributed by atoms with van der Waals surface area (Å²) >= 11 is 2.99.